The molecule has 1 aromatic rings. The Hall–Kier alpha value is -2.28. The maximum absolute atomic E-state index is 12.6. The molecule has 1 aliphatic heterocycles. The van der Waals surface area contributed by atoms with Gasteiger partial charge in [-0.3, -0.25) is 14.5 Å². The van der Waals surface area contributed by atoms with Crippen LogP contribution in [0.3, 0.4) is 0 Å². The lowest BCUT2D eigenvalue weighted by atomic mass is 9.98. The molecule has 6 nitrogen and oxygen atoms in total. The van der Waals surface area contributed by atoms with Crippen molar-refractivity contribution >= 4 is 35.3 Å². The van der Waals surface area contributed by atoms with Gasteiger partial charge in [0, 0.05) is 23.6 Å². The van der Waals surface area contributed by atoms with Crippen molar-refractivity contribution in [3.05, 3.63) is 36.9 Å². The number of urea groups is 1. The van der Waals surface area contributed by atoms with Gasteiger partial charge in [0.2, 0.25) is 5.91 Å². The molecule has 1 aliphatic carbocycles. The van der Waals surface area contributed by atoms with Crippen LogP contribution in [0.5, 0.6) is 0 Å². The molecule has 4 amide bonds. The van der Waals surface area contributed by atoms with Crippen LogP contribution in [0.15, 0.2) is 41.8 Å². The predicted octanol–water partition coefficient (Wildman–Crippen LogP) is 3.55. The van der Waals surface area contributed by atoms with Crippen LogP contribution in [0.2, 0.25) is 0 Å². The molecular formula is C20H25N3O3S. The van der Waals surface area contributed by atoms with E-state index in [4.69, 9.17) is 0 Å². The highest BCUT2D eigenvalue weighted by molar-refractivity contribution is 7.99. The molecule has 27 heavy (non-hydrogen) atoms. The van der Waals surface area contributed by atoms with Crippen molar-refractivity contribution in [1.29, 1.82) is 0 Å². The van der Waals surface area contributed by atoms with Crippen LogP contribution in [-0.4, -0.2) is 40.6 Å². The van der Waals surface area contributed by atoms with Crippen molar-refractivity contribution in [2.75, 3.05) is 17.6 Å². The van der Waals surface area contributed by atoms with Crippen LogP contribution < -0.4 is 10.6 Å². The van der Waals surface area contributed by atoms with Crippen molar-refractivity contribution in [1.82, 2.24) is 10.2 Å². The first-order valence-corrected chi connectivity index (χ1v) is 10.3. The molecule has 2 aliphatic rings. The average molecular weight is 388 g/mol. The fourth-order valence-corrected chi connectivity index (χ4v) is 4.40. The van der Waals surface area contributed by atoms with Gasteiger partial charge < -0.3 is 10.6 Å². The number of carbonyl (C=O) groups is 3. The zero-order valence-electron chi connectivity index (χ0n) is 15.3. The predicted molar refractivity (Wildman–Crippen MR) is 107 cm³/mol. The van der Waals surface area contributed by atoms with Gasteiger partial charge in [-0.25, -0.2) is 4.79 Å². The Balaban J connectivity index is 1.50. The second-order valence-corrected chi connectivity index (χ2v) is 7.99. The molecule has 1 saturated heterocycles. The minimum absolute atomic E-state index is 0.121. The highest BCUT2D eigenvalue weighted by atomic mass is 32.2. The van der Waals surface area contributed by atoms with Crippen LogP contribution in [-0.2, 0) is 9.59 Å². The smallest absolute Gasteiger partial charge is 0.325 e. The molecule has 0 aromatic heterocycles. The monoisotopic (exact) mass is 387 g/mol. The van der Waals surface area contributed by atoms with E-state index in [9.17, 15) is 14.4 Å². The summed E-state index contributed by atoms with van der Waals surface area (Å²) in [6, 6.07) is 7.30. The topological polar surface area (TPSA) is 78.5 Å². The highest BCUT2D eigenvalue weighted by Gasteiger charge is 2.51. The summed E-state index contributed by atoms with van der Waals surface area (Å²) in [5, 5.41) is 5.78. The van der Waals surface area contributed by atoms with E-state index < -0.39 is 5.54 Å². The maximum atomic E-state index is 12.6. The van der Waals surface area contributed by atoms with E-state index in [1.54, 1.807) is 11.8 Å². The molecule has 144 valence electrons. The molecule has 1 spiro atoms. The Bertz CT molecular complexity index is 744. The summed E-state index contributed by atoms with van der Waals surface area (Å²) in [6.45, 7) is 3.98. The number of carbonyl (C=O) groups excluding carboxylic acids is 3. The standard InChI is InChI=1S/C20H25N3O3S/c1-2-14-27-16-9-4-3-8-15(16)21-17(24)10-7-13-23-18(25)20(22-19(23)26)11-5-6-12-20/h2-4,8-9H,1,5-7,10-14H2,(H,21,24)(H,22,26). The number of rotatable bonds is 8. The summed E-state index contributed by atoms with van der Waals surface area (Å²) in [4.78, 5) is 39.3. The summed E-state index contributed by atoms with van der Waals surface area (Å²) >= 11 is 1.61. The number of thioether (sulfide) groups is 1. The van der Waals surface area contributed by atoms with E-state index in [1.807, 2.05) is 30.3 Å². The molecule has 2 fully saturated rings. The van der Waals surface area contributed by atoms with Crippen molar-refractivity contribution in [2.24, 2.45) is 0 Å². The van der Waals surface area contributed by atoms with E-state index in [-0.39, 0.29) is 30.8 Å². The zero-order valence-corrected chi connectivity index (χ0v) is 16.1. The Morgan fingerprint density at radius 3 is 2.78 bits per heavy atom. The number of amides is 4. The number of anilines is 1. The van der Waals surface area contributed by atoms with Gasteiger partial charge in [-0.05, 0) is 31.4 Å². The summed E-state index contributed by atoms with van der Waals surface area (Å²) in [6.07, 6.45) is 5.88. The number of nitrogens with one attached hydrogen (secondary N) is 2. The van der Waals surface area contributed by atoms with Crippen LogP contribution in [0.1, 0.15) is 38.5 Å². The van der Waals surface area contributed by atoms with Crippen LogP contribution in [0, 0.1) is 0 Å². The molecular weight excluding hydrogens is 362 g/mol. The molecule has 1 aromatic carbocycles. The van der Waals surface area contributed by atoms with Crippen LogP contribution >= 0.6 is 11.8 Å². The van der Waals surface area contributed by atoms with Gasteiger partial charge in [-0.2, -0.15) is 0 Å². The largest absolute Gasteiger partial charge is 0.325 e. The van der Waals surface area contributed by atoms with E-state index in [1.165, 1.54) is 4.90 Å². The number of benzene rings is 1. The first kappa shape index (κ1) is 19.5. The highest BCUT2D eigenvalue weighted by Crippen LogP contribution is 2.35. The molecule has 0 atom stereocenters. The lowest BCUT2D eigenvalue weighted by Gasteiger charge is -2.20. The summed E-state index contributed by atoms with van der Waals surface area (Å²) < 4.78 is 0. The number of hydrogen-bond donors (Lipinski definition) is 2. The number of hydrogen-bond acceptors (Lipinski definition) is 4. The minimum Gasteiger partial charge on any atom is -0.325 e. The molecule has 0 radical (unpaired) electrons. The van der Waals surface area contributed by atoms with Gasteiger partial charge in [0.1, 0.15) is 5.54 Å². The molecule has 2 N–H and O–H groups in total. The molecule has 3 rings (SSSR count). The normalized spacial score (nSPS) is 18.0. The Morgan fingerprint density at radius 1 is 1.30 bits per heavy atom. The Kier molecular flexibility index (Phi) is 6.21. The van der Waals surface area contributed by atoms with Crippen LogP contribution in [0.25, 0.3) is 0 Å². The second kappa shape index (κ2) is 8.61. The molecule has 1 heterocycles. The van der Waals surface area contributed by atoms with E-state index in [0.29, 0.717) is 19.3 Å². The first-order chi connectivity index (χ1) is 13.1. The third-order valence-electron chi connectivity index (χ3n) is 5.01. The van der Waals surface area contributed by atoms with Crippen molar-refractivity contribution < 1.29 is 14.4 Å². The quantitative estimate of drug-likeness (QED) is 0.406. The number of imide groups is 1. The number of para-hydroxylation sites is 1. The third-order valence-corrected chi connectivity index (χ3v) is 6.08. The second-order valence-electron chi connectivity index (χ2n) is 6.92. The zero-order chi connectivity index (χ0) is 19.3. The van der Waals surface area contributed by atoms with Gasteiger partial charge >= 0.3 is 6.03 Å². The summed E-state index contributed by atoms with van der Waals surface area (Å²) in [5.41, 5.74) is 0.0926. The van der Waals surface area contributed by atoms with Crippen molar-refractivity contribution in [3.8, 4) is 0 Å². The molecule has 1 saturated carbocycles. The van der Waals surface area contributed by atoms with Gasteiger partial charge in [0.05, 0.1) is 5.69 Å². The maximum Gasteiger partial charge on any atom is 0.325 e. The van der Waals surface area contributed by atoms with Crippen molar-refractivity contribution in [2.45, 2.75) is 49.0 Å². The fourth-order valence-electron chi connectivity index (χ4n) is 3.65. The summed E-state index contributed by atoms with van der Waals surface area (Å²) in [7, 11) is 0. The van der Waals surface area contributed by atoms with Gasteiger partial charge in [-0.1, -0.05) is 31.1 Å². The third kappa shape index (κ3) is 4.35. The summed E-state index contributed by atoms with van der Waals surface area (Å²) in [5.74, 6) is 0.516. The van der Waals surface area contributed by atoms with E-state index >= 15 is 0 Å². The molecule has 0 unspecified atom stereocenters. The lowest BCUT2D eigenvalue weighted by Crippen LogP contribution is -2.44. The lowest BCUT2D eigenvalue weighted by molar-refractivity contribution is -0.131. The Morgan fingerprint density at radius 2 is 2.04 bits per heavy atom. The molecule has 0 bridgehead atoms. The van der Waals surface area contributed by atoms with Gasteiger partial charge in [-0.15, -0.1) is 18.3 Å². The fraction of sp³-hybridized carbons (Fsp3) is 0.450. The average Bonchev–Trinajstić information content (AvgIpc) is 3.21. The Labute approximate surface area is 163 Å². The van der Waals surface area contributed by atoms with Crippen molar-refractivity contribution in [3.63, 3.8) is 0 Å². The van der Waals surface area contributed by atoms with Gasteiger partial charge in [0.15, 0.2) is 0 Å². The van der Waals surface area contributed by atoms with E-state index in [0.717, 1.165) is 29.2 Å². The minimum atomic E-state index is -0.680. The molecule has 7 heteroatoms. The first-order valence-electron chi connectivity index (χ1n) is 9.32. The van der Waals surface area contributed by atoms with Gasteiger partial charge in [0.25, 0.3) is 5.91 Å². The van der Waals surface area contributed by atoms with E-state index in [2.05, 4.69) is 17.2 Å². The number of nitrogens with zero attached hydrogens (tertiary/aromatic N) is 1. The van der Waals surface area contributed by atoms with Crippen LogP contribution in [0.4, 0.5) is 10.5 Å². The SMILES string of the molecule is C=CCSc1ccccc1NC(=O)CCCN1C(=O)NC2(CCCC2)C1=O.